The van der Waals surface area contributed by atoms with E-state index in [1.165, 1.54) is 5.56 Å². The summed E-state index contributed by atoms with van der Waals surface area (Å²) in [4.78, 5) is 23.8. The van der Waals surface area contributed by atoms with E-state index in [-0.39, 0.29) is 24.5 Å². The van der Waals surface area contributed by atoms with Gasteiger partial charge in [-0.25, -0.2) is 0 Å². The normalized spacial score (nSPS) is 18.2. The second kappa shape index (κ2) is 5.83. The molecule has 0 spiro atoms. The van der Waals surface area contributed by atoms with Gasteiger partial charge in [0.05, 0.1) is 11.7 Å². The number of amides is 2. The molecule has 2 aromatic carbocycles. The van der Waals surface area contributed by atoms with E-state index in [4.69, 9.17) is 16.3 Å². The molecule has 0 saturated carbocycles. The van der Waals surface area contributed by atoms with Crippen LogP contribution in [-0.4, -0.2) is 18.4 Å². The van der Waals surface area contributed by atoms with E-state index in [0.717, 1.165) is 23.4 Å². The summed E-state index contributed by atoms with van der Waals surface area (Å²) < 4.78 is 5.36. The van der Waals surface area contributed by atoms with Gasteiger partial charge in [0.15, 0.2) is 6.61 Å². The average molecular weight is 343 g/mol. The lowest BCUT2D eigenvalue weighted by molar-refractivity contribution is -0.118. The van der Waals surface area contributed by atoms with Gasteiger partial charge in [-0.05, 0) is 54.3 Å². The second-order valence-corrected chi connectivity index (χ2v) is 6.39. The minimum atomic E-state index is -0.194. The first kappa shape index (κ1) is 15.0. The monoisotopic (exact) mass is 342 g/mol. The first-order valence-corrected chi connectivity index (χ1v) is 8.14. The molecule has 6 heteroatoms. The minimum absolute atomic E-state index is 0.0126. The van der Waals surface area contributed by atoms with Crippen molar-refractivity contribution >= 4 is 29.1 Å². The lowest BCUT2D eigenvalue weighted by Crippen LogP contribution is -2.28. The summed E-state index contributed by atoms with van der Waals surface area (Å²) >= 11 is 6.02. The highest BCUT2D eigenvalue weighted by Gasteiger charge is 2.25. The highest BCUT2D eigenvalue weighted by atomic mass is 35.5. The molecule has 0 fully saturated rings. The Labute approximate surface area is 144 Å². The maximum absolute atomic E-state index is 12.5. The third-order valence-electron chi connectivity index (χ3n) is 4.36. The van der Waals surface area contributed by atoms with E-state index in [9.17, 15) is 9.59 Å². The Hall–Kier alpha value is -2.53. The summed E-state index contributed by atoms with van der Waals surface area (Å²) in [5, 5.41) is 6.49. The molecule has 1 unspecified atom stereocenters. The van der Waals surface area contributed by atoms with Crippen LogP contribution in [0.1, 0.15) is 33.9 Å². The summed E-state index contributed by atoms with van der Waals surface area (Å²) in [6, 6.07) is 10.8. The van der Waals surface area contributed by atoms with Crippen molar-refractivity contribution in [1.82, 2.24) is 5.32 Å². The van der Waals surface area contributed by atoms with Gasteiger partial charge >= 0.3 is 0 Å². The van der Waals surface area contributed by atoms with Crippen LogP contribution in [0.25, 0.3) is 0 Å². The molecule has 2 amide bonds. The molecule has 5 nitrogen and oxygen atoms in total. The van der Waals surface area contributed by atoms with Crippen molar-refractivity contribution in [3.05, 3.63) is 58.1 Å². The predicted molar refractivity (Wildman–Crippen MR) is 90.5 cm³/mol. The SMILES string of the molecule is O=C1COc2cc(C(=O)NC3CCc4cc(Cl)ccc43)ccc2N1. The number of carbonyl (C=O) groups is 2. The van der Waals surface area contributed by atoms with E-state index in [1.54, 1.807) is 18.2 Å². The zero-order valence-electron chi connectivity index (χ0n) is 12.8. The van der Waals surface area contributed by atoms with Gasteiger partial charge in [-0.15, -0.1) is 0 Å². The molecule has 122 valence electrons. The van der Waals surface area contributed by atoms with Crippen LogP contribution in [0, 0.1) is 0 Å². The molecule has 2 aliphatic rings. The maximum Gasteiger partial charge on any atom is 0.262 e. The molecule has 2 N–H and O–H groups in total. The number of anilines is 1. The number of carbonyl (C=O) groups excluding carboxylic acids is 2. The predicted octanol–water partition coefficient (Wildman–Crippen LogP) is 3.09. The molecule has 24 heavy (non-hydrogen) atoms. The van der Waals surface area contributed by atoms with E-state index in [1.807, 2.05) is 18.2 Å². The number of fused-ring (bicyclic) bond motifs is 2. The Bertz CT molecular complexity index is 850. The molecular formula is C18H15ClN2O3. The molecule has 0 aromatic heterocycles. The molecular weight excluding hydrogens is 328 g/mol. The molecule has 4 rings (SSSR count). The maximum atomic E-state index is 12.5. The van der Waals surface area contributed by atoms with Crippen LogP contribution in [0.2, 0.25) is 5.02 Å². The van der Waals surface area contributed by atoms with E-state index < -0.39 is 0 Å². The number of benzene rings is 2. The van der Waals surface area contributed by atoms with Gasteiger partial charge in [0.25, 0.3) is 11.8 Å². The van der Waals surface area contributed by atoms with Crippen LogP contribution in [0.3, 0.4) is 0 Å². The van der Waals surface area contributed by atoms with Gasteiger partial charge in [-0.3, -0.25) is 9.59 Å². The summed E-state index contributed by atoms with van der Waals surface area (Å²) in [5.41, 5.74) is 3.40. The van der Waals surface area contributed by atoms with Gasteiger partial charge in [0.2, 0.25) is 0 Å². The lowest BCUT2D eigenvalue weighted by Gasteiger charge is -2.19. The first-order valence-electron chi connectivity index (χ1n) is 7.76. The Balaban J connectivity index is 1.53. The zero-order valence-corrected chi connectivity index (χ0v) is 13.5. The number of halogens is 1. The Kier molecular flexibility index (Phi) is 3.65. The average Bonchev–Trinajstić information content (AvgIpc) is 2.96. The van der Waals surface area contributed by atoms with Crippen molar-refractivity contribution in [1.29, 1.82) is 0 Å². The van der Waals surface area contributed by atoms with Crippen molar-refractivity contribution in [2.24, 2.45) is 0 Å². The topological polar surface area (TPSA) is 67.4 Å². The number of nitrogens with one attached hydrogen (secondary N) is 2. The summed E-state index contributed by atoms with van der Waals surface area (Å²) in [7, 11) is 0. The molecule has 0 saturated heterocycles. The fourth-order valence-corrected chi connectivity index (χ4v) is 3.39. The smallest absolute Gasteiger partial charge is 0.262 e. The van der Waals surface area contributed by atoms with E-state index in [2.05, 4.69) is 10.6 Å². The number of hydrogen-bond acceptors (Lipinski definition) is 3. The number of aryl methyl sites for hydroxylation is 1. The van der Waals surface area contributed by atoms with Crippen molar-refractivity contribution in [2.75, 3.05) is 11.9 Å². The van der Waals surface area contributed by atoms with Crippen LogP contribution >= 0.6 is 11.6 Å². The quantitative estimate of drug-likeness (QED) is 0.881. The van der Waals surface area contributed by atoms with Gasteiger partial charge in [-0.1, -0.05) is 17.7 Å². The van der Waals surface area contributed by atoms with Crippen LogP contribution in [-0.2, 0) is 11.2 Å². The molecule has 1 aliphatic heterocycles. The Morgan fingerprint density at radius 2 is 2.12 bits per heavy atom. The van der Waals surface area contributed by atoms with E-state index in [0.29, 0.717) is 17.0 Å². The summed E-state index contributed by atoms with van der Waals surface area (Å²) in [5.74, 6) is 0.160. The van der Waals surface area contributed by atoms with Gasteiger partial charge in [0.1, 0.15) is 5.75 Å². The Morgan fingerprint density at radius 3 is 3.00 bits per heavy atom. The van der Waals surface area contributed by atoms with Crippen molar-refractivity contribution in [3.63, 3.8) is 0 Å². The van der Waals surface area contributed by atoms with Crippen LogP contribution < -0.4 is 15.4 Å². The zero-order chi connectivity index (χ0) is 16.7. The van der Waals surface area contributed by atoms with Crippen LogP contribution in [0.4, 0.5) is 5.69 Å². The minimum Gasteiger partial charge on any atom is -0.482 e. The summed E-state index contributed by atoms with van der Waals surface area (Å²) in [6.45, 7) is -0.0329. The summed E-state index contributed by atoms with van der Waals surface area (Å²) in [6.07, 6.45) is 1.76. The molecule has 1 atom stereocenters. The van der Waals surface area contributed by atoms with Crippen molar-refractivity contribution in [2.45, 2.75) is 18.9 Å². The highest BCUT2D eigenvalue weighted by Crippen LogP contribution is 2.33. The van der Waals surface area contributed by atoms with Crippen LogP contribution in [0.15, 0.2) is 36.4 Å². The lowest BCUT2D eigenvalue weighted by atomic mass is 10.1. The fourth-order valence-electron chi connectivity index (χ4n) is 3.19. The number of hydrogen-bond donors (Lipinski definition) is 2. The van der Waals surface area contributed by atoms with Crippen LogP contribution in [0.5, 0.6) is 5.75 Å². The number of rotatable bonds is 2. The van der Waals surface area contributed by atoms with Gasteiger partial charge in [0, 0.05) is 10.6 Å². The number of ether oxygens (including phenoxy) is 1. The third kappa shape index (κ3) is 2.71. The first-order chi connectivity index (χ1) is 11.6. The largest absolute Gasteiger partial charge is 0.482 e. The molecule has 0 bridgehead atoms. The van der Waals surface area contributed by atoms with Crippen molar-refractivity contribution < 1.29 is 14.3 Å². The standard InChI is InChI=1S/C18H15ClN2O3/c19-12-3-4-13-10(7-12)1-5-14(13)21-18(23)11-2-6-15-16(8-11)24-9-17(22)20-15/h2-4,6-8,14H,1,5,9H2,(H,20,22)(H,21,23). The molecule has 1 aliphatic carbocycles. The Morgan fingerprint density at radius 1 is 1.25 bits per heavy atom. The molecule has 0 radical (unpaired) electrons. The van der Waals surface area contributed by atoms with Gasteiger partial charge in [-0.2, -0.15) is 0 Å². The second-order valence-electron chi connectivity index (χ2n) is 5.96. The fraction of sp³-hybridized carbons (Fsp3) is 0.222. The van der Waals surface area contributed by atoms with Crippen molar-refractivity contribution in [3.8, 4) is 5.75 Å². The van der Waals surface area contributed by atoms with Gasteiger partial charge < -0.3 is 15.4 Å². The van der Waals surface area contributed by atoms with E-state index >= 15 is 0 Å². The molecule has 2 aromatic rings. The third-order valence-corrected chi connectivity index (χ3v) is 4.60. The molecule has 1 heterocycles. The highest BCUT2D eigenvalue weighted by molar-refractivity contribution is 6.30.